The first-order valence-corrected chi connectivity index (χ1v) is 13.3. The van der Waals surface area contributed by atoms with Crippen LogP contribution in [0.2, 0.25) is 0 Å². The maximum atomic E-state index is 13.6. The first-order chi connectivity index (χ1) is 16.5. The first kappa shape index (κ1) is 28.2. The van der Waals surface area contributed by atoms with Gasteiger partial charge in [-0.3, -0.25) is 14.6 Å². The van der Waals surface area contributed by atoms with E-state index in [2.05, 4.69) is 15.0 Å². The Labute approximate surface area is 206 Å². The molecule has 0 bridgehead atoms. The van der Waals surface area contributed by atoms with Crippen LogP contribution in [-0.4, -0.2) is 73.8 Å². The van der Waals surface area contributed by atoms with Gasteiger partial charge in [-0.05, 0) is 51.5 Å². The summed E-state index contributed by atoms with van der Waals surface area (Å²) in [5, 5.41) is 2.72. The van der Waals surface area contributed by atoms with Gasteiger partial charge in [-0.15, -0.1) is 0 Å². The van der Waals surface area contributed by atoms with Gasteiger partial charge < -0.3 is 26.5 Å². The maximum Gasteiger partial charge on any atom is 0.246 e. The second-order valence-electron chi connectivity index (χ2n) is 8.80. The molecule has 0 radical (unpaired) electrons. The summed E-state index contributed by atoms with van der Waals surface area (Å²) in [5.41, 5.74) is 10.2. The Kier molecular flexibility index (Phi) is 10.2. The van der Waals surface area contributed by atoms with Gasteiger partial charge in [0.2, 0.25) is 21.8 Å². The number of carbonyl (C=O) groups excluding carboxylic acids is 3. The number of hydrogen-bond acceptors (Lipinski definition) is 6. The first-order valence-electron chi connectivity index (χ1n) is 11.7. The molecule has 1 saturated heterocycles. The van der Waals surface area contributed by atoms with Crippen LogP contribution < -0.4 is 21.5 Å². The van der Waals surface area contributed by atoms with Crippen LogP contribution in [0.3, 0.4) is 0 Å². The lowest BCUT2D eigenvalue weighted by atomic mass is 9.95. The van der Waals surface area contributed by atoms with E-state index in [1.807, 2.05) is 30.3 Å². The van der Waals surface area contributed by atoms with Crippen LogP contribution in [0.15, 0.2) is 35.3 Å². The number of rotatable bonds is 13. The minimum atomic E-state index is -3.69. The van der Waals surface area contributed by atoms with Crippen molar-refractivity contribution in [3.63, 3.8) is 0 Å². The number of sulfonamides is 1. The van der Waals surface area contributed by atoms with Crippen LogP contribution in [0.5, 0.6) is 0 Å². The summed E-state index contributed by atoms with van der Waals surface area (Å²) in [6, 6.07) is 7.26. The molecule has 12 heteroatoms. The number of guanidine groups is 1. The minimum absolute atomic E-state index is 0.0481. The van der Waals surface area contributed by atoms with Crippen LogP contribution in [0, 0.1) is 0 Å². The molecular weight excluding hydrogens is 472 g/mol. The van der Waals surface area contributed by atoms with Gasteiger partial charge in [0.25, 0.3) is 0 Å². The molecule has 1 aromatic rings. The lowest BCUT2D eigenvalue weighted by molar-refractivity contribution is -0.145. The Morgan fingerprint density at radius 3 is 2.54 bits per heavy atom. The number of amides is 2. The third kappa shape index (κ3) is 8.03. The number of nitrogens with one attached hydrogen (secondary N) is 2. The van der Waals surface area contributed by atoms with E-state index in [1.165, 1.54) is 11.8 Å². The van der Waals surface area contributed by atoms with E-state index in [-0.39, 0.29) is 18.1 Å². The molecule has 0 aromatic heterocycles. The number of likely N-dealkylation sites (tertiary alicyclic amines) is 1. The average Bonchev–Trinajstić information content (AvgIpc) is 3.23. The maximum absolute atomic E-state index is 13.6. The van der Waals surface area contributed by atoms with Gasteiger partial charge in [-0.2, -0.15) is 0 Å². The van der Waals surface area contributed by atoms with E-state index in [9.17, 15) is 22.8 Å². The lowest BCUT2D eigenvalue weighted by Crippen LogP contribution is -2.61. The highest BCUT2D eigenvalue weighted by molar-refractivity contribution is 7.89. The van der Waals surface area contributed by atoms with E-state index >= 15 is 0 Å². The topological polar surface area (TPSA) is 177 Å². The highest BCUT2D eigenvalue weighted by atomic mass is 32.2. The Bertz CT molecular complexity index is 1010. The molecule has 0 spiro atoms. The van der Waals surface area contributed by atoms with E-state index in [0.717, 1.165) is 5.56 Å². The molecule has 3 atom stereocenters. The fourth-order valence-corrected chi connectivity index (χ4v) is 4.87. The van der Waals surface area contributed by atoms with E-state index in [4.69, 9.17) is 11.5 Å². The van der Waals surface area contributed by atoms with Crippen molar-refractivity contribution in [3.05, 3.63) is 35.9 Å². The highest BCUT2D eigenvalue weighted by Gasteiger charge is 2.48. The van der Waals surface area contributed by atoms with Crippen molar-refractivity contribution in [3.8, 4) is 0 Å². The second kappa shape index (κ2) is 12.6. The molecule has 1 aliphatic rings. The van der Waals surface area contributed by atoms with Gasteiger partial charge in [-0.1, -0.05) is 30.3 Å². The van der Waals surface area contributed by atoms with Crippen molar-refractivity contribution < 1.29 is 22.8 Å². The van der Waals surface area contributed by atoms with Gasteiger partial charge in [0.15, 0.2) is 5.96 Å². The summed E-state index contributed by atoms with van der Waals surface area (Å²) >= 11 is 0. The molecule has 194 valence electrons. The predicted molar refractivity (Wildman–Crippen MR) is 134 cm³/mol. The van der Waals surface area contributed by atoms with Crippen molar-refractivity contribution >= 4 is 34.1 Å². The Hall–Kier alpha value is -2.99. The minimum Gasteiger partial charge on any atom is -0.370 e. The third-order valence-corrected chi connectivity index (χ3v) is 7.53. The summed E-state index contributed by atoms with van der Waals surface area (Å²) in [6.07, 6.45) is 2.58. The molecule has 0 saturated carbocycles. The fourth-order valence-electron chi connectivity index (χ4n) is 4.09. The third-order valence-electron chi connectivity index (χ3n) is 6.13. The SMILES string of the molecule is CCS(=O)(=O)N[C@@H](Cc1ccccc1)C(=O)N1CCC[C@@]1(C)C(=O)N[C@H](C=O)CCCN=C(N)N. The van der Waals surface area contributed by atoms with E-state index in [0.29, 0.717) is 45.1 Å². The van der Waals surface area contributed by atoms with Crippen LogP contribution >= 0.6 is 0 Å². The number of aldehydes is 1. The standard InChI is InChI=1S/C23H36N6O5S/c1-3-35(33,34)28-19(15-17-9-5-4-6-10-17)20(31)29-14-8-12-23(29,2)21(32)27-18(16-30)11-7-13-26-22(24)25/h4-6,9-10,16,18-19,28H,3,7-8,11-15H2,1-2H3,(H,27,32)(H4,24,25,26)/t18-,19-,23-/m0/s1. The summed E-state index contributed by atoms with van der Waals surface area (Å²) < 4.78 is 27.2. The van der Waals surface area contributed by atoms with Gasteiger partial charge in [0.1, 0.15) is 17.9 Å². The molecular formula is C23H36N6O5S. The zero-order valence-corrected chi connectivity index (χ0v) is 21.1. The van der Waals surface area contributed by atoms with Crippen molar-refractivity contribution in [2.24, 2.45) is 16.5 Å². The molecule has 2 amide bonds. The molecule has 35 heavy (non-hydrogen) atoms. The zero-order chi connectivity index (χ0) is 26.1. The smallest absolute Gasteiger partial charge is 0.246 e. The largest absolute Gasteiger partial charge is 0.370 e. The van der Waals surface area contributed by atoms with E-state index in [1.54, 1.807) is 6.92 Å². The van der Waals surface area contributed by atoms with Gasteiger partial charge in [0, 0.05) is 13.1 Å². The Morgan fingerprint density at radius 2 is 1.94 bits per heavy atom. The molecule has 1 fully saturated rings. The van der Waals surface area contributed by atoms with E-state index < -0.39 is 39.5 Å². The molecule has 0 unspecified atom stereocenters. The average molecular weight is 509 g/mol. The van der Waals surface area contributed by atoms with Crippen LogP contribution in [0.25, 0.3) is 0 Å². The molecule has 2 rings (SSSR count). The summed E-state index contributed by atoms with van der Waals surface area (Å²) in [5.74, 6) is -1.16. The summed E-state index contributed by atoms with van der Waals surface area (Å²) in [7, 11) is -3.69. The molecule has 0 aliphatic carbocycles. The summed E-state index contributed by atoms with van der Waals surface area (Å²) in [4.78, 5) is 43.7. The van der Waals surface area contributed by atoms with Crippen molar-refractivity contribution in [2.75, 3.05) is 18.8 Å². The lowest BCUT2D eigenvalue weighted by Gasteiger charge is -2.37. The summed E-state index contributed by atoms with van der Waals surface area (Å²) in [6.45, 7) is 3.76. The quantitative estimate of drug-likeness (QED) is 0.122. The highest BCUT2D eigenvalue weighted by Crippen LogP contribution is 2.30. The number of nitrogens with zero attached hydrogens (tertiary/aromatic N) is 2. The molecule has 1 heterocycles. The number of aliphatic imine (C=N–C) groups is 1. The van der Waals surface area contributed by atoms with Crippen LogP contribution in [0.4, 0.5) is 0 Å². The van der Waals surface area contributed by atoms with Crippen molar-refractivity contribution in [1.82, 2.24) is 14.9 Å². The molecule has 1 aliphatic heterocycles. The molecule has 6 N–H and O–H groups in total. The number of nitrogens with two attached hydrogens (primary N) is 2. The van der Waals surface area contributed by atoms with Gasteiger partial charge in [0.05, 0.1) is 11.8 Å². The van der Waals surface area contributed by atoms with Gasteiger partial charge in [-0.25, -0.2) is 13.1 Å². The van der Waals surface area contributed by atoms with Crippen LogP contribution in [-0.2, 0) is 30.8 Å². The Balaban J connectivity index is 2.19. The second-order valence-corrected chi connectivity index (χ2v) is 10.8. The van der Waals surface area contributed by atoms with Crippen LogP contribution in [0.1, 0.15) is 45.1 Å². The fraction of sp³-hybridized carbons (Fsp3) is 0.565. The van der Waals surface area contributed by atoms with Crippen molar-refractivity contribution in [2.45, 2.75) is 63.6 Å². The molecule has 1 aromatic carbocycles. The zero-order valence-electron chi connectivity index (χ0n) is 20.3. The normalized spacial score (nSPS) is 19.5. The number of benzene rings is 1. The monoisotopic (exact) mass is 508 g/mol. The van der Waals surface area contributed by atoms with Gasteiger partial charge >= 0.3 is 0 Å². The number of carbonyl (C=O) groups is 3. The number of hydrogen-bond donors (Lipinski definition) is 4. The predicted octanol–water partition coefficient (Wildman–Crippen LogP) is -0.345. The Morgan fingerprint density at radius 1 is 1.26 bits per heavy atom. The van der Waals surface area contributed by atoms with Crippen molar-refractivity contribution in [1.29, 1.82) is 0 Å². The molecule has 11 nitrogen and oxygen atoms in total.